The van der Waals surface area contributed by atoms with Gasteiger partial charge in [0.05, 0.1) is 17.7 Å². The molecule has 2 N–H and O–H groups in total. The molecule has 0 amide bonds. The molecule has 1 aliphatic rings. The van der Waals surface area contributed by atoms with Gasteiger partial charge in [-0.2, -0.15) is 10.1 Å². The number of nitrogens with one attached hydrogen (secondary N) is 2. The van der Waals surface area contributed by atoms with Gasteiger partial charge in [-0.1, -0.05) is 39.0 Å². The van der Waals surface area contributed by atoms with Crippen LogP contribution < -0.4 is 10.6 Å². The maximum atomic E-state index is 11.6. The molecular formula is C17H23N5O2S. The number of anilines is 3. The summed E-state index contributed by atoms with van der Waals surface area (Å²) >= 11 is 0. The second kappa shape index (κ2) is 6.59. The van der Waals surface area contributed by atoms with Crippen molar-refractivity contribution in [2.24, 2.45) is 0 Å². The Kier molecular flexibility index (Phi) is 4.64. The lowest BCUT2D eigenvalue weighted by atomic mass is 9.86. The fourth-order valence-electron chi connectivity index (χ4n) is 2.91. The largest absolute Gasteiger partial charge is 0.365 e. The Balaban J connectivity index is 1.77. The lowest BCUT2D eigenvalue weighted by Gasteiger charge is -2.23. The molecule has 1 fully saturated rings. The molecule has 0 radical (unpaired) electrons. The highest BCUT2D eigenvalue weighted by molar-refractivity contribution is 7.91. The SMILES string of the molecule is CC(C)(C)c1ccccc1Nc1nncc(NC2CCS(=O)(=O)C2)n1. The molecule has 2 aromatic rings. The third-order valence-electron chi connectivity index (χ3n) is 4.12. The monoisotopic (exact) mass is 361 g/mol. The summed E-state index contributed by atoms with van der Waals surface area (Å²) in [7, 11) is -2.94. The van der Waals surface area contributed by atoms with Crippen molar-refractivity contribution in [2.75, 3.05) is 22.1 Å². The summed E-state index contributed by atoms with van der Waals surface area (Å²) in [6, 6.07) is 7.88. The molecule has 3 rings (SSSR count). The van der Waals surface area contributed by atoms with Crippen molar-refractivity contribution in [1.29, 1.82) is 0 Å². The summed E-state index contributed by atoms with van der Waals surface area (Å²) in [4.78, 5) is 4.41. The molecule has 1 atom stereocenters. The highest BCUT2D eigenvalue weighted by Crippen LogP contribution is 2.30. The standard InChI is InChI=1S/C17H23N5O2S/c1-17(2,3)13-6-4-5-7-14(13)20-16-21-15(10-18-22-16)19-12-8-9-25(23,24)11-12/h4-7,10,12H,8-9,11H2,1-3H3,(H2,19,20,21,22). The van der Waals surface area contributed by atoms with Crippen molar-refractivity contribution < 1.29 is 8.42 Å². The molecule has 25 heavy (non-hydrogen) atoms. The lowest BCUT2D eigenvalue weighted by Crippen LogP contribution is -2.21. The van der Waals surface area contributed by atoms with Gasteiger partial charge in [0.2, 0.25) is 5.95 Å². The van der Waals surface area contributed by atoms with Gasteiger partial charge in [-0.25, -0.2) is 8.42 Å². The lowest BCUT2D eigenvalue weighted by molar-refractivity contribution is 0.592. The predicted octanol–water partition coefficient (Wildman–Crippen LogP) is 2.51. The number of hydrogen-bond acceptors (Lipinski definition) is 7. The Labute approximate surface area is 148 Å². The molecule has 1 aromatic heterocycles. The molecule has 0 spiro atoms. The number of sulfone groups is 1. The van der Waals surface area contributed by atoms with Crippen LogP contribution in [0.15, 0.2) is 30.5 Å². The third kappa shape index (κ3) is 4.45. The van der Waals surface area contributed by atoms with Crippen LogP contribution in [0.2, 0.25) is 0 Å². The Morgan fingerprint density at radius 1 is 1.20 bits per heavy atom. The zero-order valence-corrected chi connectivity index (χ0v) is 15.5. The number of benzene rings is 1. The van der Waals surface area contributed by atoms with Gasteiger partial charge in [0.15, 0.2) is 15.7 Å². The van der Waals surface area contributed by atoms with E-state index in [9.17, 15) is 8.42 Å². The van der Waals surface area contributed by atoms with E-state index < -0.39 is 9.84 Å². The van der Waals surface area contributed by atoms with Crippen molar-refractivity contribution in [1.82, 2.24) is 15.2 Å². The highest BCUT2D eigenvalue weighted by atomic mass is 32.2. The first kappa shape index (κ1) is 17.6. The first-order valence-corrected chi connectivity index (χ1v) is 10.1. The molecule has 0 aliphatic carbocycles. The maximum absolute atomic E-state index is 11.6. The van der Waals surface area contributed by atoms with Gasteiger partial charge in [-0.05, 0) is 23.5 Å². The summed E-state index contributed by atoms with van der Waals surface area (Å²) in [5.41, 5.74) is 2.06. The van der Waals surface area contributed by atoms with Crippen LogP contribution in [-0.2, 0) is 15.3 Å². The van der Waals surface area contributed by atoms with E-state index in [0.29, 0.717) is 18.2 Å². The first-order valence-electron chi connectivity index (χ1n) is 8.26. The molecule has 0 bridgehead atoms. The van der Waals surface area contributed by atoms with Crippen molar-refractivity contribution in [2.45, 2.75) is 38.6 Å². The molecule has 0 saturated carbocycles. The highest BCUT2D eigenvalue weighted by Gasteiger charge is 2.28. The third-order valence-corrected chi connectivity index (χ3v) is 5.89. The molecule has 1 saturated heterocycles. The Morgan fingerprint density at radius 2 is 1.96 bits per heavy atom. The van der Waals surface area contributed by atoms with E-state index in [4.69, 9.17) is 0 Å². The van der Waals surface area contributed by atoms with Crippen LogP contribution in [0.4, 0.5) is 17.5 Å². The van der Waals surface area contributed by atoms with Gasteiger partial charge in [0, 0.05) is 11.7 Å². The van der Waals surface area contributed by atoms with Crippen LogP contribution in [0.25, 0.3) is 0 Å². The predicted molar refractivity (Wildman–Crippen MR) is 98.9 cm³/mol. The van der Waals surface area contributed by atoms with Crippen LogP contribution in [-0.4, -0.2) is 41.1 Å². The van der Waals surface area contributed by atoms with E-state index in [0.717, 1.165) is 11.3 Å². The van der Waals surface area contributed by atoms with Gasteiger partial charge in [0.1, 0.15) is 0 Å². The summed E-state index contributed by atoms with van der Waals surface area (Å²) in [6.45, 7) is 6.43. The first-order chi connectivity index (χ1) is 11.7. The average molecular weight is 361 g/mol. The van der Waals surface area contributed by atoms with Crippen molar-refractivity contribution >= 4 is 27.3 Å². The van der Waals surface area contributed by atoms with Crippen LogP contribution >= 0.6 is 0 Å². The van der Waals surface area contributed by atoms with Crippen molar-refractivity contribution in [3.63, 3.8) is 0 Å². The Bertz CT molecular complexity index is 861. The van der Waals surface area contributed by atoms with Crippen molar-refractivity contribution in [3.05, 3.63) is 36.0 Å². The van der Waals surface area contributed by atoms with Crippen LogP contribution in [0.1, 0.15) is 32.8 Å². The second-order valence-corrected chi connectivity index (χ2v) is 9.56. The van der Waals surface area contributed by atoms with E-state index in [-0.39, 0.29) is 23.0 Å². The van der Waals surface area contributed by atoms with Crippen molar-refractivity contribution in [3.8, 4) is 0 Å². The summed E-state index contributed by atoms with van der Waals surface area (Å²) in [5, 5.41) is 14.3. The van der Waals surface area contributed by atoms with E-state index in [1.54, 1.807) is 0 Å². The second-order valence-electron chi connectivity index (χ2n) is 7.33. The number of para-hydroxylation sites is 1. The van der Waals surface area contributed by atoms with Gasteiger partial charge in [-0.3, -0.25) is 0 Å². The summed E-state index contributed by atoms with van der Waals surface area (Å²) in [6.07, 6.45) is 2.09. The van der Waals surface area contributed by atoms with Gasteiger partial charge in [-0.15, -0.1) is 5.10 Å². The van der Waals surface area contributed by atoms with E-state index in [1.165, 1.54) is 6.20 Å². The minimum Gasteiger partial charge on any atom is -0.365 e. The van der Waals surface area contributed by atoms with Crippen LogP contribution in [0, 0.1) is 0 Å². The Hall–Kier alpha value is -2.22. The number of hydrogen-bond donors (Lipinski definition) is 2. The number of rotatable bonds is 4. The summed E-state index contributed by atoms with van der Waals surface area (Å²) in [5.74, 6) is 1.25. The molecule has 7 nitrogen and oxygen atoms in total. The Morgan fingerprint density at radius 3 is 2.64 bits per heavy atom. The van der Waals surface area contributed by atoms with E-state index in [2.05, 4.69) is 52.7 Å². The van der Waals surface area contributed by atoms with Gasteiger partial charge in [0.25, 0.3) is 0 Å². The maximum Gasteiger partial charge on any atom is 0.249 e. The molecule has 1 aromatic carbocycles. The minimum atomic E-state index is -2.94. The normalized spacial score (nSPS) is 19.6. The van der Waals surface area contributed by atoms with Crippen LogP contribution in [0.5, 0.6) is 0 Å². The summed E-state index contributed by atoms with van der Waals surface area (Å²) < 4.78 is 23.1. The minimum absolute atomic E-state index is 0.0227. The van der Waals surface area contributed by atoms with E-state index in [1.807, 2.05) is 18.2 Å². The quantitative estimate of drug-likeness (QED) is 0.863. The fourth-order valence-corrected chi connectivity index (χ4v) is 4.58. The van der Waals surface area contributed by atoms with Crippen LogP contribution in [0.3, 0.4) is 0 Å². The van der Waals surface area contributed by atoms with E-state index >= 15 is 0 Å². The number of nitrogens with zero attached hydrogens (tertiary/aromatic N) is 3. The number of aromatic nitrogens is 3. The van der Waals surface area contributed by atoms with Gasteiger partial charge >= 0.3 is 0 Å². The van der Waals surface area contributed by atoms with Gasteiger partial charge < -0.3 is 10.6 Å². The molecule has 2 heterocycles. The molecule has 1 unspecified atom stereocenters. The molecular weight excluding hydrogens is 338 g/mol. The molecule has 8 heteroatoms. The topological polar surface area (TPSA) is 96.9 Å². The molecule has 1 aliphatic heterocycles. The zero-order valence-electron chi connectivity index (χ0n) is 14.7. The zero-order chi connectivity index (χ0) is 18.1. The molecule has 134 valence electrons. The average Bonchev–Trinajstić information content (AvgIpc) is 2.86. The fraction of sp³-hybridized carbons (Fsp3) is 0.471. The smallest absolute Gasteiger partial charge is 0.249 e.